The highest BCUT2D eigenvalue weighted by Crippen LogP contribution is 2.26. The largest absolute Gasteiger partial charge is 0.319 e. The number of likely N-dealkylation sites (N-methyl/N-ethyl adjacent to an activating group) is 1. The van der Waals surface area contributed by atoms with Crippen molar-refractivity contribution in [2.45, 2.75) is 32.1 Å². The van der Waals surface area contributed by atoms with Crippen molar-refractivity contribution < 1.29 is 0 Å². The number of hydrogen-bond donors (Lipinski definition) is 1. The molecule has 0 spiro atoms. The third-order valence-corrected chi connectivity index (χ3v) is 3.66. The standard InChI is InChI=1S/C14H24N4/c1-11-10-13(12-5-8-18(3)9-6-12)17-14(16-11)4-7-15-2/h10,12,15H,4-9H2,1-3H3. The fraction of sp³-hybridized carbons (Fsp3) is 0.714. The lowest BCUT2D eigenvalue weighted by Crippen LogP contribution is -2.29. The van der Waals surface area contributed by atoms with Crippen LogP contribution in [0.15, 0.2) is 6.07 Å². The van der Waals surface area contributed by atoms with Crippen LogP contribution in [0.2, 0.25) is 0 Å². The van der Waals surface area contributed by atoms with Crippen LogP contribution in [0.5, 0.6) is 0 Å². The molecule has 1 aliphatic heterocycles. The van der Waals surface area contributed by atoms with Gasteiger partial charge in [-0.2, -0.15) is 0 Å². The number of aryl methyl sites for hydroxylation is 1. The van der Waals surface area contributed by atoms with E-state index < -0.39 is 0 Å². The van der Waals surface area contributed by atoms with E-state index in [1.165, 1.54) is 31.6 Å². The second kappa shape index (κ2) is 6.25. The van der Waals surface area contributed by atoms with Gasteiger partial charge < -0.3 is 10.2 Å². The second-order valence-corrected chi connectivity index (χ2v) is 5.28. The van der Waals surface area contributed by atoms with Crippen molar-refractivity contribution in [2.75, 3.05) is 33.7 Å². The second-order valence-electron chi connectivity index (χ2n) is 5.28. The number of likely N-dealkylation sites (tertiary alicyclic amines) is 1. The van der Waals surface area contributed by atoms with E-state index in [-0.39, 0.29) is 0 Å². The Hall–Kier alpha value is -1.00. The van der Waals surface area contributed by atoms with Crippen molar-refractivity contribution in [3.05, 3.63) is 23.3 Å². The summed E-state index contributed by atoms with van der Waals surface area (Å²) < 4.78 is 0. The molecule has 100 valence electrons. The first-order valence-corrected chi connectivity index (χ1v) is 6.86. The van der Waals surface area contributed by atoms with E-state index in [0.717, 1.165) is 24.5 Å². The molecule has 4 heteroatoms. The Balaban J connectivity index is 2.09. The maximum absolute atomic E-state index is 4.75. The zero-order valence-electron chi connectivity index (χ0n) is 11.7. The lowest BCUT2D eigenvalue weighted by atomic mass is 9.93. The Morgan fingerprint density at radius 1 is 1.33 bits per heavy atom. The Labute approximate surface area is 110 Å². The van der Waals surface area contributed by atoms with Gasteiger partial charge in [0.25, 0.3) is 0 Å². The fourth-order valence-electron chi connectivity index (χ4n) is 2.52. The number of nitrogens with one attached hydrogen (secondary N) is 1. The van der Waals surface area contributed by atoms with Crippen LogP contribution in [0.4, 0.5) is 0 Å². The van der Waals surface area contributed by atoms with Gasteiger partial charge in [-0.1, -0.05) is 0 Å². The minimum Gasteiger partial charge on any atom is -0.319 e. The molecule has 1 aliphatic rings. The van der Waals surface area contributed by atoms with E-state index in [1.807, 2.05) is 7.05 Å². The van der Waals surface area contributed by atoms with E-state index in [4.69, 9.17) is 4.98 Å². The van der Waals surface area contributed by atoms with E-state index in [2.05, 4.69) is 35.2 Å². The molecule has 0 saturated carbocycles. The van der Waals surface area contributed by atoms with Crippen LogP contribution in [0.3, 0.4) is 0 Å². The number of hydrogen-bond acceptors (Lipinski definition) is 4. The topological polar surface area (TPSA) is 41.1 Å². The van der Waals surface area contributed by atoms with Crippen LogP contribution >= 0.6 is 0 Å². The van der Waals surface area contributed by atoms with Crippen molar-refractivity contribution in [2.24, 2.45) is 0 Å². The van der Waals surface area contributed by atoms with Gasteiger partial charge in [0, 0.05) is 30.3 Å². The Bertz CT molecular complexity index is 383. The van der Waals surface area contributed by atoms with Crippen molar-refractivity contribution in [3.8, 4) is 0 Å². The average molecular weight is 248 g/mol. The van der Waals surface area contributed by atoms with Gasteiger partial charge in [-0.25, -0.2) is 9.97 Å². The molecule has 4 nitrogen and oxygen atoms in total. The fourth-order valence-corrected chi connectivity index (χ4v) is 2.52. The summed E-state index contributed by atoms with van der Waals surface area (Å²) in [5.74, 6) is 1.61. The first-order valence-electron chi connectivity index (χ1n) is 6.86. The monoisotopic (exact) mass is 248 g/mol. The zero-order valence-corrected chi connectivity index (χ0v) is 11.7. The average Bonchev–Trinajstić information content (AvgIpc) is 2.36. The molecule has 0 radical (unpaired) electrons. The molecule has 18 heavy (non-hydrogen) atoms. The maximum Gasteiger partial charge on any atom is 0.130 e. The number of piperidine rings is 1. The lowest BCUT2D eigenvalue weighted by molar-refractivity contribution is 0.253. The van der Waals surface area contributed by atoms with Gasteiger partial charge in [0.1, 0.15) is 5.82 Å². The van der Waals surface area contributed by atoms with Crippen molar-refractivity contribution in [1.29, 1.82) is 0 Å². The molecular formula is C14H24N4. The van der Waals surface area contributed by atoms with Gasteiger partial charge in [0.2, 0.25) is 0 Å². The van der Waals surface area contributed by atoms with Crippen LogP contribution in [-0.4, -0.2) is 48.6 Å². The van der Waals surface area contributed by atoms with Gasteiger partial charge in [0.15, 0.2) is 0 Å². The Morgan fingerprint density at radius 3 is 2.72 bits per heavy atom. The number of aromatic nitrogens is 2. The summed E-state index contributed by atoms with van der Waals surface area (Å²) in [5, 5.41) is 3.15. The van der Waals surface area contributed by atoms with Crippen LogP contribution in [0.1, 0.15) is 36.0 Å². The molecule has 2 heterocycles. The van der Waals surface area contributed by atoms with E-state index in [1.54, 1.807) is 0 Å². The molecule has 1 N–H and O–H groups in total. The number of nitrogens with zero attached hydrogens (tertiary/aromatic N) is 3. The molecule has 0 bridgehead atoms. The van der Waals surface area contributed by atoms with Gasteiger partial charge in [-0.05, 0) is 53.0 Å². The van der Waals surface area contributed by atoms with Crippen molar-refractivity contribution in [1.82, 2.24) is 20.2 Å². The first-order chi connectivity index (χ1) is 8.69. The lowest BCUT2D eigenvalue weighted by Gasteiger charge is -2.28. The summed E-state index contributed by atoms with van der Waals surface area (Å²) in [6, 6.07) is 2.17. The van der Waals surface area contributed by atoms with Crippen LogP contribution < -0.4 is 5.32 Å². The molecule has 0 unspecified atom stereocenters. The highest BCUT2D eigenvalue weighted by molar-refractivity contribution is 5.15. The molecule has 1 aromatic heterocycles. The molecular weight excluding hydrogens is 224 g/mol. The van der Waals surface area contributed by atoms with Gasteiger partial charge in [-0.15, -0.1) is 0 Å². The molecule has 1 aromatic rings. The molecule has 1 saturated heterocycles. The van der Waals surface area contributed by atoms with Gasteiger partial charge in [0.05, 0.1) is 0 Å². The molecule has 0 amide bonds. The number of rotatable bonds is 4. The Morgan fingerprint density at radius 2 is 2.06 bits per heavy atom. The summed E-state index contributed by atoms with van der Waals surface area (Å²) >= 11 is 0. The molecule has 1 fully saturated rings. The predicted octanol–water partition coefficient (Wildman–Crippen LogP) is 1.36. The normalized spacial score (nSPS) is 18.2. The molecule has 2 rings (SSSR count). The van der Waals surface area contributed by atoms with Gasteiger partial charge in [-0.3, -0.25) is 0 Å². The van der Waals surface area contributed by atoms with Crippen molar-refractivity contribution in [3.63, 3.8) is 0 Å². The Kier molecular flexibility index (Phi) is 4.66. The quantitative estimate of drug-likeness (QED) is 0.873. The minimum atomic E-state index is 0.622. The predicted molar refractivity (Wildman–Crippen MR) is 73.9 cm³/mol. The summed E-state index contributed by atoms with van der Waals surface area (Å²) in [7, 11) is 4.16. The van der Waals surface area contributed by atoms with Gasteiger partial charge >= 0.3 is 0 Å². The zero-order chi connectivity index (χ0) is 13.0. The van der Waals surface area contributed by atoms with E-state index >= 15 is 0 Å². The van der Waals surface area contributed by atoms with Crippen LogP contribution in [0.25, 0.3) is 0 Å². The van der Waals surface area contributed by atoms with E-state index in [9.17, 15) is 0 Å². The van der Waals surface area contributed by atoms with Crippen molar-refractivity contribution >= 4 is 0 Å². The first kappa shape index (κ1) is 13.4. The van der Waals surface area contributed by atoms with E-state index in [0.29, 0.717) is 5.92 Å². The molecule has 0 atom stereocenters. The third-order valence-electron chi connectivity index (χ3n) is 3.66. The summed E-state index contributed by atoms with van der Waals surface area (Å²) in [6.07, 6.45) is 3.36. The highest BCUT2D eigenvalue weighted by Gasteiger charge is 2.20. The highest BCUT2D eigenvalue weighted by atomic mass is 15.1. The summed E-state index contributed by atoms with van der Waals surface area (Å²) in [6.45, 7) is 5.37. The summed E-state index contributed by atoms with van der Waals surface area (Å²) in [5.41, 5.74) is 2.35. The van der Waals surface area contributed by atoms with Crippen LogP contribution in [-0.2, 0) is 6.42 Å². The summed E-state index contributed by atoms with van der Waals surface area (Å²) in [4.78, 5) is 11.7. The molecule has 0 aliphatic carbocycles. The SMILES string of the molecule is CNCCc1nc(C)cc(C2CCN(C)CC2)n1. The third kappa shape index (κ3) is 3.50. The smallest absolute Gasteiger partial charge is 0.130 e. The van der Waals surface area contributed by atoms with Crippen LogP contribution in [0, 0.1) is 6.92 Å². The minimum absolute atomic E-state index is 0.622. The molecule has 0 aromatic carbocycles. The maximum atomic E-state index is 4.75.